The van der Waals surface area contributed by atoms with Crippen LogP contribution in [0.4, 0.5) is 0 Å². The smallest absolute Gasteiger partial charge is 0.231 e. The monoisotopic (exact) mass is 430 g/mol. The summed E-state index contributed by atoms with van der Waals surface area (Å²) in [7, 11) is 6.62. The van der Waals surface area contributed by atoms with E-state index in [4.69, 9.17) is 28.4 Å². The summed E-state index contributed by atoms with van der Waals surface area (Å²) in [6, 6.07) is 7.97. The van der Waals surface area contributed by atoms with E-state index >= 15 is 0 Å². The van der Waals surface area contributed by atoms with Crippen LogP contribution in [0.5, 0.6) is 34.5 Å². The van der Waals surface area contributed by atoms with Crippen molar-refractivity contribution >= 4 is 0 Å². The molecule has 31 heavy (non-hydrogen) atoms. The second-order valence-corrected chi connectivity index (χ2v) is 7.60. The normalized spacial score (nSPS) is 16.3. The minimum atomic E-state index is 0.243. The van der Waals surface area contributed by atoms with Gasteiger partial charge >= 0.3 is 0 Å². The highest BCUT2D eigenvalue weighted by Gasteiger charge is 2.23. The van der Waals surface area contributed by atoms with Crippen molar-refractivity contribution in [2.24, 2.45) is 0 Å². The summed E-state index contributed by atoms with van der Waals surface area (Å²) >= 11 is 0. The maximum absolute atomic E-state index is 5.58. The average Bonchev–Trinajstić information content (AvgIpc) is 3.28. The van der Waals surface area contributed by atoms with Gasteiger partial charge in [0.2, 0.25) is 12.5 Å². The molecule has 0 unspecified atom stereocenters. The number of methoxy groups -OCH3 is 4. The second-order valence-electron chi connectivity index (χ2n) is 7.60. The highest BCUT2D eigenvalue weighted by molar-refractivity contribution is 5.55. The van der Waals surface area contributed by atoms with Gasteiger partial charge in [0.1, 0.15) is 5.75 Å². The summed E-state index contributed by atoms with van der Waals surface area (Å²) in [5.74, 6) is 4.38. The van der Waals surface area contributed by atoms with Gasteiger partial charge in [0.25, 0.3) is 0 Å². The standard InChI is InChI=1S/C23H30N2O6/c1-26-18-12-20(28-3)19(27-2)11-17(18)14-25-7-5-24(6-8-25)13-16-9-21(29-4)23-22(10-16)30-15-31-23/h9-12H,5-8,13-15H2,1-4H3. The minimum Gasteiger partial charge on any atom is -0.496 e. The van der Waals surface area contributed by atoms with Crippen LogP contribution in [0.15, 0.2) is 24.3 Å². The molecule has 0 bridgehead atoms. The molecule has 1 saturated heterocycles. The van der Waals surface area contributed by atoms with Gasteiger partial charge in [-0.3, -0.25) is 9.80 Å². The van der Waals surface area contributed by atoms with Gasteiger partial charge in [0, 0.05) is 50.9 Å². The molecule has 2 aromatic rings. The Morgan fingerprint density at radius 3 is 1.94 bits per heavy atom. The largest absolute Gasteiger partial charge is 0.496 e. The molecule has 2 aromatic carbocycles. The van der Waals surface area contributed by atoms with Gasteiger partial charge in [-0.2, -0.15) is 0 Å². The molecule has 0 saturated carbocycles. The fourth-order valence-corrected chi connectivity index (χ4v) is 4.10. The van der Waals surface area contributed by atoms with E-state index in [0.717, 1.165) is 67.6 Å². The first kappa shape index (κ1) is 21.4. The van der Waals surface area contributed by atoms with Crippen molar-refractivity contribution in [2.75, 3.05) is 61.4 Å². The number of ether oxygens (including phenoxy) is 6. The average molecular weight is 431 g/mol. The third kappa shape index (κ3) is 4.60. The molecule has 0 aliphatic carbocycles. The predicted molar refractivity (Wildman–Crippen MR) is 116 cm³/mol. The summed E-state index contributed by atoms with van der Waals surface area (Å²) in [4.78, 5) is 4.87. The van der Waals surface area contributed by atoms with E-state index in [1.54, 1.807) is 28.4 Å². The molecule has 0 N–H and O–H groups in total. The minimum absolute atomic E-state index is 0.243. The molecule has 0 atom stereocenters. The number of benzene rings is 2. The summed E-state index contributed by atoms with van der Waals surface area (Å²) in [5, 5.41) is 0. The predicted octanol–water partition coefficient (Wildman–Crippen LogP) is 2.77. The van der Waals surface area contributed by atoms with Crippen LogP contribution in [0, 0.1) is 0 Å². The fourth-order valence-electron chi connectivity index (χ4n) is 4.10. The summed E-state index contributed by atoms with van der Waals surface area (Å²) in [6.45, 7) is 5.79. The second kappa shape index (κ2) is 9.53. The number of hydrogen-bond acceptors (Lipinski definition) is 8. The fraction of sp³-hybridized carbons (Fsp3) is 0.478. The first-order valence-electron chi connectivity index (χ1n) is 10.3. The summed E-state index contributed by atoms with van der Waals surface area (Å²) < 4.78 is 32.9. The van der Waals surface area contributed by atoms with Crippen molar-refractivity contribution < 1.29 is 28.4 Å². The van der Waals surface area contributed by atoms with Crippen LogP contribution in [0.1, 0.15) is 11.1 Å². The highest BCUT2D eigenvalue weighted by Crippen LogP contribution is 2.42. The van der Waals surface area contributed by atoms with E-state index in [9.17, 15) is 0 Å². The molecule has 4 rings (SSSR count). The lowest BCUT2D eigenvalue weighted by molar-refractivity contribution is 0.121. The topological polar surface area (TPSA) is 61.9 Å². The van der Waals surface area contributed by atoms with E-state index in [0.29, 0.717) is 17.2 Å². The molecule has 0 spiro atoms. The van der Waals surface area contributed by atoms with Crippen LogP contribution >= 0.6 is 0 Å². The lowest BCUT2D eigenvalue weighted by Crippen LogP contribution is -2.45. The number of hydrogen-bond donors (Lipinski definition) is 0. The number of piperazine rings is 1. The van der Waals surface area contributed by atoms with Gasteiger partial charge in [0.05, 0.1) is 28.4 Å². The zero-order chi connectivity index (χ0) is 21.8. The molecule has 2 heterocycles. The first-order chi connectivity index (χ1) is 15.1. The molecular formula is C23H30N2O6. The Labute approximate surface area is 183 Å². The summed E-state index contributed by atoms with van der Waals surface area (Å²) in [6.07, 6.45) is 0. The van der Waals surface area contributed by atoms with Crippen LogP contribution in [0.25, 0.3) is 0 Å². The third-order valence-corrected chi connectivity index (χ3v) is 5.77. The maximum Gasteiger partial charge on any atom is 0.231 e. The SMILES string of the molecule is COc1cc(OC)c(OC)cc1CN1CCN(Cc2cc(OC)c3c(c2)OCO3)CC1. The van der Waals surface area contributed by atoms with Crippen LogP contribution in [-0.2, 0) is 13.1 Å². The van der Waals surface area contributed by atoms with E-state index < -0.39 is 0 Å². The Balaban J connectivity index is 1.38. The quantitative estimate of drug-likeness (QED) is 0.634. The number of rotatable bonds is 8. The Bertz CT molecular complexity index is 911. The van der Waals surface area contributed by atoms with Crippen LogP contribution in [0.2, 0.25) is 0 Å². The molecule has 0 radical (unpaired) electrons. The van der Waals surface area contributed by atoms with Gasteiger partial charge < -0.3 is 28.4 Å². The van der Waals surface area contributed by atoms with E-state index in [2.05, 4.69) is 9.80 Å². The van der Waals surface area contributed by atoms with Gasteiger partial charge in [-0.05, 0) is 23.8 Å². The molecule has 8 heteroatoms. The van der Waals surface area contributed by atoms with Gasteiger partial charge in [-0.1, -0.05) is 0 Å². The molecule has 0 aromatic heterocycles. The van der Waals surface area contributed by atoms with Crippen molar-refractivity contribution in [3.05, 3.63) is 35.4 Å². The molecule has 1 fully saturated rings. The van der Waals surface area contributed by atoms with E-state index in [-0.39, 0.29) is 6.79 Å². The molecule has 0 amide bonds. The highest BCUT2D eigenvalue weighted by atomic mass is 16.7. The van der Waals surface area contributed by atoms with E-state index in [1.807, 2.05) is 24.3 Å². The van der Waals surface area contributed by atoms with Crippen LogP contribution in [0.3, 0.4) is 0 Å². The lowest BCUT2D eigenvalue weighted by Gasteiger charge is -2.35. The molecule has 2 aliphatic heterocycles. The van der Waals surface area contributed by atoms with Gasteiger partial charge in [-0.25, -0.2) is 0 Å². The Hall–Kier alpha value is -2.84. The number of fused-ring (bicyclic) bond motifs is 1. The Kier molecular flexibility index (Phi) is 6.58. The van der Waals surface area contributed by atoms with Crippen LogP contribution < -0.4 is 28.4 Å². The molecular weight excluding hydrogens is 400 g/mol. The lowest BCUT2D eigenvalue weighted by atomic mass is 10.1. The zero-order valence-corrected chi connectivity index (χ0v) is 18.6. The van der Waals surface area contributed by atoms with Crippen molar-refractivity contribution in [2.45, 2.75) is 13.1 Å². The van der Waals surface area contributed by atoms with Crippen molar-refractivity contribution in [3.63, 3.8) is 0 Å². The first-order valence-corrected chi connectivity index (χ1v) is 10.3. The third-order valence-electron chi connectivity index (χ3n) is 5.77. The molecule has 2 aliphatic rings. The van der Waals surface area contributed by atoms with Gasteiger partial charge in [0.15, 0.2) is 23.0 Å². The molecule has 8 nitrogen and oxygen atoms in total. The Morgan fingerprint density at radius 2 is 1.29 bits per heavy atom. The molecule has 168 valence electrons. The van der Waals surface area contributed by atoms with Gasteiger partial charge in [-0.15, -0.1) is 0 Å². The number of nitrogens with zero attached hydrogens (tertiary/aromatic N) is 2. The van der Waals surface area contributed by atoms with E-state index in [1.165, 1.54) is 0 Å². The van der Waals surface area contributed by atoms with Crippen molar-refractivity contribution in [3.8, 4) is 34.5 Å². The Morgan fingerprint density at radius 1 is 0.677 bits per heavy atom. The van der Waals surface area contributed by atoms with Crippen LogP contribution in [-0.4, -0.2) is 71.2 Å². The zero-order valence-electron chi connectivity index (χ0n) is 18.6. The summed E-state index contributed by atoms with van der Waals surface area (Å²) in [5.41, 5.74) is 2.25. The van der Waals surface area contributed by atoms with Crippen molar-refractivity contribution in [1.29, 1.82) is 0 Å². The maximum atomic E-state index is 5.58. The van der Waals surface area contributed by atoms with Crippen molar-refractivity contribution in [1.82, 2.24) is 9.80 Å².